The monoisotopic (exact) mass is 302 g/mol. The second-order valence-electron chi connectivity index (χ2n) is 5.48. The van der Waals surface area contributed by atoms with E-state index in [9.17, 15) is 9.90 Å². The number of phenols is 1. The van der Waals surface area contributed by atoms with Gasteiger partial charge < -0.3 is 9.84 Å². The molecule has 0 amide bonds. The molecule has 0 spiro atoms. The van der Waals surface area contributed by atoms with E-state index in [-0.39, 0.29) is 11.3 Å². The van der Waals surface area contributed by atoms with E-state index in [1.807, 2.05) is 48.5 Å². The lowest BCUT2D eigenvalue weighted by atomic mass is 10.1. The standard InChI is InChI=1S/C20H14O3/c21-18-12-6-5-11-17(18)20(22)23-19-15-9-3-1-7-13(15)14-8-2-4-10-16(14)19/h1-12,19,21H. The molecule has 0 unspecified atom stereocenters. The third-order valence-electron chi connectivity index (χ3n) is 4.13. The third-order valence-corrected chi connectivity index (χ3v) is 4.13. The van der Waals surface area contributed by atoms with Crippen LogP contribution in [0.4, 0.5) is 0 Å². The molecule has 0 saturated heterocycles. The highest BCUT2D eigenvalue weighted by molar-refractivity contribution is 5.93. The number of ether oxygens (including phenoxy) is 1. The first kappa shape index (κ1) is 13.6. The molecule has 3 aromatic carbocycles. The number of carbonyl (C=O) groups excluding carboxylic acids is 1. The molecule has 3 heteroatoms. The van der Waals surface area contributed by atoms with Crippen molar-refractivity contribution in [2.75, 3.05) is 0 Å². The summed E-state index contributed by atoms with van der Waals surface area (Å²) in [7, 11) is 0. The highest BCUT2D eigenvalue weighted by atomic mass is 16.5. The van der Waals surface area contributed by atoms with E-state index < -0.39 is 12.1 Å². The summed E-state index contributed by atoms with van der Waals surface area (Å²) < 4.78 is 5.73. The van der Waals surface area contributed by atoms with E-state index in [0.717, 1.165) is 22.3 Å². The van der Waals surface area contributed by atoms with E-state index in [1.54, 1.807) is 18.2 Å². The van der Waals surface area contributed by atoms with Gasteiger partial charge in [0.2, 0.25) is 0 Å². The van der Waals surface area contributed by atoms with E-state index in [1.165, 1.54) is 6.07 Å². The maximum absolute atomic E-state index is 12.5. The maximum Gasteiger partial charge on any atom is 0.342 e. The second-order valence-corrected chi connectivity index (χ2v) is 5.48. The molecule has 1 aliphatic rings. The van der Waals surface area contributed by atoms with E-state index in [4.69, 9.17) is 4.74 Å². The number of rotatable bonds is 2. The predicted molar refractivity (Wildman–Crippen MR) is 87.2 cm³/mol. The number of phenolic OH excluding ortho intramolecular Hbond substituents is 1. The summed E-state index contributed by atoms with van der Waals surface area (Å²) in [5, 5.41) is 9.84. The molecular formula is C20H14O3. The lowest BCUT2D eigenvalue weighted by Gasteiger charge is -2.15. The largest absolute Gasteiger partial charge is 0.507 e. The molecule has 0 saturated carbocycles. The van der Waals surface area contributed by atoms with Gasteiger partial charge in [-0.1, -0.05) is 60.7 Å². The molecule has 0 atom stereocenters. The first-order valence-corrected chi connectivity index (χ1v) is 7.43. The highest BCUT2D eigenvalue weighted by Crippen LogP contribution is 2.45. The van der Waals surface area contributed by atoms with Crippen molar-refractivity contribution in [2.45, 2.75) is 6.10 Å². The molecule has 112 valence electrons. The number of carbonyl (C=O) groups is 1. The Kier molecular flexibility index (Phi) is 3.12. The fourth-order valence-electron chi connectivity index (χ4n) is 3.05. The smallest absolute Gasteiger partial charge is 0.342 e. The van der Waals surface area contributed by atoms with Gasteiger partial charge in [-0.2, -0.15) is 0 Å². The summed E-state index contributed by atoms with van der Waals surface area (Å²) in [5.41, 5.74) is 4.28. The van der Waals surface area contributed by atoms with Gasteiger partial charge >= 0.3 is 5.97 Å². The zero-order valence-corrected chi connectivity index (χ0v) is 12.3. The summed E-state index contributed by atoms with van der Waals surface area (Å²) in [5.74, 6) is -0.600. The summed E-state index contributed by atoms with van der Waals surface area (Å²) in [6.45, 7) is 0. The van der Waals surface area contributed by atoms with Crippen molar-refractivity contribution in [1.29, 1.82) is 0 Å². The Morgan fingerprint density at radius 3 is 1.91 bits per heavy atom. The first-order valence-electron chi connectivity index (χ1n) is 7.43. The van der Waals surface area contributed by atoms with Crippen LogP contribution in [0.5, 0.6) is 5.75 Å². The van der Waals surface area contributed by atoms with E-state index in [0.29, 0.717) is 0 Å². The third kappa shape index (κ3) is 2.18. The Morgan fingerprint density at radius 1 is 0.783 bits per heavy atom. The number of hydrogen-bond donors (Lipinski definition) is 1. The first-order chi connectivity index (χ1) is 11.3. The molecule has 0 aliphatic heterocycles. The van der Waals surface area contributed by atoms with Crippen molar-refractivity contribution < 1.29 is 14.6 Å². The van der Waals surface area contributed by atoms with Gasteiger partial charge in [0.1, 0.15) is 11.3 Å². The molecule has 1 N–H and O–H groups in total. The minimum Gasteiger partial charge on any atom is -0.507 e. The number of esters is 1. The van der Waals surface area contributed by atoms with Crippen LogP contribution in [-0.4, -0.2) is 11.1 Å². The van der Waals surface area contributed by atoms with Crippen molar-refractivity contribution in [1.82, 2.24) is 0 Å². The summed E-state index contributed by atoms with van der Waals surface area (Å²) in [4.78, 5) is 12.5. The van der Waals surface area contributed by atoms with Crippen LogP contribution >= 0.6 is 0 Å². The molecule has 0 fully saturated rings. The Hall–Kier alpha value is -3.07. The SMILES string of the molecule is O=C(OC1c2ccccc2-c2ccccc21)c1ccccc1O. The van der Waals surface area contributed by atoms with Gasteiger partial charge in [0.25, 0.3) is 0 Å². The molecule has 0 heterocycles. The molecule has 0 radical (unpaired) electrons. The minimum absolute atomic E-state index is 0.0722. The summed E-state index contributed by atoms with van der Waals surface area (Å²) in [6, 6.07) is 22.2. The Morgan fingerprint density at radius 2 is 1.30 bits per heavy atom. The van der Waals surface area contributed by atoms with Crippen molar-refractivity contribution in [3.05, 3.63) is 89.5 Å². The Balaban J connectivity index is 1.75. The van der Waals surface area contributed by atoms with Crippen LogP contribution in [0.2, 0.25) is 0 Å². The molecule has 3 nitrogen and oxygen atoms in total. The lowest BCUT2D eigenvalue weighted by Crippen LogP contribution is -2.11. The molecule has 3 aromatic rings. The molecule has 1 aliphatic carbocycles. The maximum atomic E-state index is 12.5. The number of benzene rings is 3. The number of aromatic hydroxyl groups is 1. The Bertz CT molecular complexity index is 853. The fourth-order valence-corrected chi connectivity index (χ4v) is 3.05. The highest BCUT2D eigenvalue weighted by Gasteiger charge is 2.31. The second kappa shape index (κ2) is 5.29. The van der Waals surface area contributed by atoms with Crippen molar-refractivity contribution in [3.63, 3.8) is 0 Å². The summed E-state index contributed by atoms with van der Waals surface area (Å²) >= 11 is 0. The van der Waals surface area contributed by atoms with Crippen molar-refractivity contribution in [2.24, 2.45) is 0 Å². The number of para-hydroxylation sites is 1. The topological polar surface area (TPSA) is 46.5 Å². The van der Waals surface area contributed by atoms with Crippen LogP contribution in [0.25, 0.3) is 11.1 Å². The predicted octanol–water partition coefficient (Wildman–Crippen LogP) is 4.32. The van der Waals surface area contributed by atoms with Gasteiger partial charge in [-0.25, -0.2) is 4.79 Å². The molecule has 4 rings (SSSR count). The van der Waals surface area contributed by atoms with E-state index in [2.05, 4.69) is 0 Å². The van der Waals surface area contributed by atoms with Gasteiger partial charge in [0.05, 0.1) is 0 Å². The van der Waals surface area contributed by atoms with Gasteiger partial charge in [-0.15, -0.1) is 0 Å². The fraction of sp³-hybridized carbons (Fsp3) is 0.0500. The van der Waals surface area contributed by atoms with Crippen LogP contribution < -0.4 is 0 Å². The van der Waals surface area contributed by atoms with E-state index >= 15 is 0 Å². The average Bonchev–Trinajstić information content (AvgIpc) is 2.90. The number of hydrogen-bond acceptors (Lipinski definition) is 3. The molecule has 23 heavy (non-hydrogen) atoms. The zero-order valence-electron chi connectivity index (χ0n) is 12.3. The average molecular weight is 302 g/mol. The zero-order chi connectivity index (χ0) is 15.8. The number of fused-ring (bicyclic) bond motifs is 3. The Labute approximate surface area is 133 Å². The van der Waals surface area contributed by atoms with Crippen molar-refractivity contribution >= 4 is 5.97 Å². The lowest BCUT2D eigenvalue weighted by molar-refractivity contribution is 0.0382. The molecule has 0 bridgehead atoms. The van der Waals surface area contributed by atoms with Gasteiger partial charge in [-0.3, -0.25) is 0 Å². The molecular weight excluding hydrogens is 288 g/mol. The van der Waals surface area contributed by atoms with Crippen LogP contribution in [0.3, 0.4) is 0 Å². The van der Waals surface area contributed by atoms with Crippen LogP contribution in [0.15, 0.2) is 72.8 Å². The van der Waals surface area contributed by atoms with Crippen molar-refractivity contribution in [3.8, 4) is 16.9 Å². The van der Waals surface area contributed by atoms with Gasteiger partial charge in [0.15, 0.2) is 6.10 Å². The summed E-state index contributed by atoms with van der Waals surface area (Å²) in [6.07, 6.45) is -0.450. The van der Waals surface area contributed by atoms with Gasteiger partial charge in [0, 0.05) is 11.1 Å². The normalized spacial score (nSPS) is 12.5. The molecule has 0 aromatic heterocycles. The van der Waals surface area contributed by atoms with Crippen LogP contribution in [-0.2, 0) is 4.74 Å². The van der Waals surface area contributed by atoms with Gasteiger partial charge in [-0.05, 0) is 23.3 Å². The van der Waals surface area contributed by atoms with Crippen LogP contribution in [0.1, 0.15) is 27.6 Å². The van der Waals surface area contributed by atoms with Crippen LogP contribution in [0, 0.1) is 0 Å². The minimum atomic E-state index is -0.528. The quantitative estimate of drug-likeness (QED) is 0.717.